The third-order valence-corrected chi connectivity index (χ3v) is 7.68. The SMILES string of the molecule is N#C/C(=C\c1cn(Cc2cccc([N+](=O)[O-])c2)c2ccccc12)C(=O)Nc1sc2c(c1C#N)CCCC2. The normalized spacial score (nSPS) is 13.0. The van der Waals surface area contributed by atoms with Crippen LogP contribution in [0.1, 0.15) is 40.0 Å². The number of hydrogen-bond acceptors (Lipinski definition) is 6. The van der Waals surface area contributed by atoms with E-state index < -0.39 is 10.8 Å². The number of nitrogens with zero attached hydrogens (tertiary/aromatic N) is 4. The summed E-state index contributed by atoms with van der Waals surface area (Å²) in [5.41, 5.74) is 3.77. The summed E-state index contributed by atoms with van der Waals surface area (Å²) in [6.45, 7) is 0.385. The molecule has 2 heterocycles. The van der Waals surface area contributed by atoms with Crippen molar-refractivity contribution in [2.45, 2.75) is 32.2 Å². The lowest BCUT2D eigenvalue weighted by molar-refractivity contribution is -0.384. The number of para-hydroxylation sites is 1. The maximum absolute atomic E-state index is 13.1. The summed E-state index contributed by atoms with van der Waals surface area (Å²) in [6.07, 6.45) is 7.19. The van der Waals surface area contributed by atoms with E-state index in [0.29, 0.717) is 22.7 Å². The van der Waals surface area contributed by atoms with Gasteiger partial charge in [-0.05, 0) is 49.0 Å². The molecule has 0 spiro atoms. The Balaban J connectivity index is 1.47. The van der Waals surface area contributed by atoms with Gasteiger partial charge >= 0.3 is 0 Å². The van der Waals surface area contributed by atoms with Crippen LogP contribution >= 0.6 is 11.3 Å². The van der Waals surface area contributed by atoms with Crippen molar-refractivity contribution >= 4 is 44.9 Å². The number of aryl methyl sites for hydroxylation is 1. The van der Waals surface area contributed by atoms with Crippen LogP contribution in [-0.4, -0.2) is 15.4 Å². The molecule has 9 heteroatoms. The molecule has 2 aromatic heterocycles. The number of aromatic nitrogens is 1. The summed E-state index contributed by atoms with van der Waals surface area (Å²) in [5.74, 6) is -0.562. The van der Waals surface area contributed by atoms with Gasteiger partial charge in [-0.25, -0.2) is 0 Å². The lowest BCUT2D eigenvalue weighted by Crippen LogP contribution is -2.13. The zero-order chi connectivity index (χ0) is 25.9. The number of non-ortho nitro benzene ring substituents is 1. The molecular weight excluding hydrogens is 486 g/mol. The largest absolute Gasteiger partial charge is 0.342 e. The van der Waals surface area contributed by atoms with Crippen LogP contribution in [0.25, 0.3) is 17.0 Å². The van der Waals surface area contributed by atoms with Gasteiger partial charge in [0.2, 0.25) is 0 Å². The Hall–Kier alpha value is -4.73. The quantitative estimate of drug-likeness (QED) is 0.149. The molecular formula is C28H21N5O3S. The molecule has 1 N–H and O–H groups in total. The Bertz CT molecular complexity index is 1670. The van der Waals surface area contributed by atoms with Crippen LogP contribution in [0, 0.1) is 32.8 Å². The van der Waals surface area contributed by atoms with Crippen molar-refractivity contribution < 1.29 is 9.72 Å². The minimum atomic E-state index is -0.562. The molecule has 8 nitrogen and oxygen atoms in total. The summed E-state index contributed by atoms with van der Waals surface area (Å²) < 4.78 is 1.94. The molecule has 2 aromatic carbocycles. The van der Waals surface area contributed by atoms with E-state index in [1.54, 1.807) is 12.1 Å². The van der Waals surface area contributed by atoms with Crippen LogP contribution in [0.4, 0.5) is 10.7 Å². The van der Waals surface area contributed by atoms with Gasteiger partial charge in [0.25, 0.3) is 11.6 Å². The van der Waals surface area contributed by atoms with Gasteiger partial charge in [0.1, 0.15) is 22.7 Å². The number of nitriles is 2. The molecule has 182 valence electrons. The van der Waals surface area contributed by atoms with Gasteiger partial charge in [-0.15, -0.1) is 11.3 Å². The molecule has 0 radical (unpaired) electrons. The smallest absolute Gasteiger partial charge is 0.269 e. The van der Waals surface area contributed by atoms with Gasteiger partial charge in [-0.1, -0.05) is 30.3 Å². The average molecular weight is 508 g/mol. The van der Waals surface area contributed by atoms with Crippen molar-refractivity contribution in [2.24, 2.45) is 0 Å². The number of anilines is 1. The van der Waals surface area contributed by atoms with E-state index in [9.17, 15) is 25.4 Å². The van der Waals surface area contributed by atoms with Gasteiger partial charge in [0.05, 0.1) is 10.5 Å². The molecule has 0 saturated carbocycles. The third kappa shape index (κ3) is 4.73. The monoisotopic (exact) mass is 507 g/mol. The van der Waals surface area contributed by atoms with E-state index in [-0.39, 0.29) is 11.3 Å². The molecule has 4 aromatic rings. The topological polar surface area (TPSA) is 125 Å². The molecule has 0 fully saturated rings. The summed E-state index contributed by atoms with van der Waals surface area (Å²) in [4.78, 5) is 25.0. The van der Waals surface area contributed by atoms with E-state index in [4.69, 9.17) is 0 Å². The fraction of sp³-hybridized carbons (Fsp3) is 0.179. The number of amides is 1. The third-order valence-electron chi connectivity index (χ3n) is 6.47. The zero-order valence-electron chi connectivity index (χ0n) is 19.7. The van der Waals surface area contributed by atoms with Crippen LogP contribution in [0.2, 0.25) is 0 Å². The van der Waals surface area contributed by atoms with E-state index in [2.05, 4.69) is 11.4 Å². The van der Waals surface area contributed by atoms with Crippen LogP contribution < -0.4 is 5.32 Å². The average Bonchev–Trinajstić information content (AvgIpc) is 3.44. The van der Waals surface area contributed by atoms with E-state index >= 15 is 0 Å². The standard InChI is InChI=1S/C28H21N5O3S/c29-14-19(27(34)31-28-24(15-30)23-9-2-4-11-26(23)37-28)13-20-17-32(25-10-3-1-8-22(20)25)16-18-6-5-7-21(12-18)33(35)36/h1,3,5-8,10,12-13,17H,2,4,9,11,16H2,(H,31,34)/b19-13+. The second-order valence-corrected chi connectivity index (χ2v) is 9.91. The summed E-state index contributed by atoms with van der Waals surface area (Å²) in [6, 6.07) is 18.3. The first-order chi connectivity index (χ1) is 18.0. The molecule has 0 bridgehead atoms. The number of carbonyl (C=O) groups excluding carboxylic acids is 1. The molecule has 0 aliphatic heterocycles. The van der Waals surface area contributed by atoms with Crippen LogP contribution in [-0.2, 0) is 24.2 Å². The first-order valence-electron chi connectivity index (χ1n) is 11.8. The first kappa shape index (κ1) is 24.0. The van der Waals surface area contributed by atoms with Gasteiger partial charge in [-0.2, -0.15) is 10.5 Å². The number of carbonyl (C=O) groups is 1. The van der Waals surface area contributed by atoms with E-state index in [1.807, 2.05) is 47.2 Å². The highest BCUT2D eigenvalue weighted by Crippen LogP contribution is 2.38. The molecule has 0 unspecified atom stereocenters. The Morgan fingerprint density at radius 1 is 1.16 bits per heavy atom. The van der Waals surface area contributed by atoms with Crippen molar-refractivity contribution in [2.75, 3.05) is 5.32 Å². The number of benzene rings is 2. The molecule has 1 aliphatic rings. The Morgan fingerprint density at radius 2 is 1.97 bits per heavy atom. The molecule has 0 atom stereocenters. The van der Waals surface area contributed by atoms with Crippen molar-refractivity contribution in [3.05, 3.63) is 97.5 Å². The van der Waals surface area contributed by atoms with Crippen molar-refractivity contribution in [3.8, 4) is 12.1 Å². The van der Waals surface area contributed by atoms with Crippen LogP contribution in [0.15, 0.2) is 60.3 Å². The minimum absolute atomic E-state index is 0.0181. The van der Waals surface area contributed by atoms with Crippen LogP contribution in [0.5, 0.6) is 0 Å². The Morgan fingerprint density at radius 3 is 2.76 bits per heavy atom. The van der Waals surface area contributed by atoms with Gasteiger partial charge in [0, 0.05) is 46.2 Å². The highest BCUT2D eigenvalue weighted by Gasteiger charge is 2.23. The van der Waals surface area contributed by atoms with E-state index in [0.717, 1.165) is 52.6 Å². The van der Waals surface area contributed by atoms with E-state index in [1.165, 1.54) is 23.5 Å². The number of nitro groups is 1. The molecule has 5 rings (SSSR count). The number of fused-ring (bicyclic) bond motifs is 2. The fourth-order valence-corrected chi connectivity index (χ4v) is 5.97. The zero-order valence-corrected chi connectivity index (χ0v) is 20.5. The number of hydrogen-bond donors (Lipinski definition) is 1. The first-order valence-corrected chi connectivity index (χ1v) is 12.6. The molecule has 0 saturated heterocycles. The molecule has 1 aliphatic carbocycles. The second-order valence-electron chi connectivity index (χ2n) is 8.81. The van der Waals surface area contributed by atoms with Gasteiger partial charge in [0.15, 0.2) is 0 Å². The second kappa shape index (κ2) is 10.1. The summed E-state index contributed by atoms with van der Waals surface area (Å²) >= 11 is 1.42. The number of nitrogens with one attached hydrogen (secondary N) is 1. The Labute approximate surface area is 216 Å². The lowest BCUT2D eigenvalue weighted by atomic mass is 9.96. The number of thiophene rings is 1. The maximum Gasteiger partial charge on any atom is 0.269 e. The highest BCUT2D eigenvalue weighted by molar-refractivity contribution is 7.16. The number of nitro benzene ring substituents is 1. The van der Waals surface area contributed by atoms with Gasteiger partial charge in [-0.3, -0.25) is 14.9 Å². The summed E-state index contributed by atoms with van der Waals surface area (Å²) in [5, 5.41) is 34.8. The lowest BCUT2D eigenvalue weighted by Gasteiger charge is -2.09. The predicted molar refractivity (Wildman–Crippen MR) is 142 cm³/mol. The fourth-order valence-electron chi connectivity index (χ4n) is 4.73. The van der Waals surface area contributed by atoms with Crippen molar-refractivity contribution in [3.63, 3.8) is 0 Å². The Kier molecular flexibility index (Phi) is 6.55. The minimum Gasteiger partial charge on any atom is -0.342 e. The predicted octanol–water partition coefficient (Wildman–Crippen LogP) is 5.96. The highest BCUT2D eigenvalue weighted by atomic mass is 32.1. The summed E-state index contributed by atoms with van der Waals surface area (Å²) in [7, 11) is 0. The molecule has 37 heavy (non-hydrogen) atoms. The maximum atomic E-state index is 13.1. The van der Waals surface area contributed by atoms with Crippen molar-refractivity contribution in [1.29, 1.82) is 10.5 Å². The van der Waals surface area contributed by atoms with Gasteiger partial charge < -0.3 is 9.88 Å². The van der Waals surface area contributed by atoms with Crippen LogP contribution in [0.3, 0.4) is 0 Å². The number of rotatable bonds is 6. The van der Waals surface area contributed by atoms with Crippen molar-refractivity contribution in [1.82, 2.24) is 4.57 Å². The molecule has 1 amide bonds.